The number of hydrogen-bond donors (Lipinski definition) is 0. The van der Waals surface area contributed by atoms with Crippen molar-refractivity contribution in [2.45, 2.75) is 33.6 Å². The Labute approximate surface area is 102 Å². The number of rotatable bonds is 6. The lowest BCUT2D eigenvalue weighted by Gasteiger charge is -2.09. The van der Waals surface area contributed by atoms with E-state index in [4.69, 9.17) is 4.74 Å². The van der Waals surface area contributed by atoms with E-state index in [0.29, 0.717) is 18.1 Å². The highest BCUT2D eigenvalue weighted by atomic mass is 19.1. The van der Waals surface area contributed by atoms with E-state index in [2.05, 4.69) is 13.8 Å². The number of ketones is 1. The van der Waals surface area contributed by atoms with Gasteiger partial charge in [0.05, 0.1) is 6.61 Å². The second-order valence-corrected chi connectivity index (χ2v) is 4.59. The van der Waals surface area contributed by atoms with Crippen molar-refractivity contribution in [3.8, 4) is 5.75 Å². The van der Waals surface area contributed by atoms with Crippen LogP contribution in [0.3, 0.4) is 0 Å². The van der Waals surface area contributed by atoms with Crippen molar-refractivity contribution >= 4 is 5.78 Å². The summed E-state index contributed by atoms with van der Waals surface area (Å²) in [6.45, 7) is 6.21. The van der Waals surface area contributed by atoms with Crippen LogP contribution in [0.1, 0.15) is 44.0 Å². The first-order valence-corrected chi connectivity index (χ1v) is 5.94. The lowest BCUT2D eigenvalue weighted by atomic mass is 10.1. The fourth-order valence-electron chi connectivity index (χ4n) is 1.51. The summed E-state index contributed by atoms with van der Waals surface area (Å²) in [5, 5.41) is 0. The third-order valence-electron chi connectivity index (χ3n) is 2.52. The first-order chi connectivity index (χ1) is 8.00. The van der Waals surface area contributed by atoms with Crippen molar-refractivity contribution in [1.29, 1.82) is 0 Å². The zero-order chi connectivity index (χ0) is 12.8. The molecule has 0 unspecified atom stereocenters. The number of benzene rings is 1. The molecule has 0 aliphatic rings. The molecule has 0 fully saturated rings. The SMILES string of the molecule is CC(=O)c1ccc(OCCCC(C)C)c(F)c1. The molecule has 0 atom stereocenters. The molecule has 0 aliphatic carbocycles. The molecular weight excluding hydrogens is 219 g/mol. The van der Waals surface area contributed by atoms with Crippen molar-refractivity contribution in [2.75, 3.05) is 6.61 Å². The normalized spacial score (nSPS) is 10.6. The summed E-state index contributed by atoms with van der Waals surface area (Å²) < 4.78 is 18.9. The summed E-state index contributed by atoms with van der Waals surface area (Å²) in [6, 6.07) is 4.32. The summed E-state index contributed by atoms with van der Waals surface area (Å²) >= 11 is 0. The maximum Gasteiger partial charge on any atom is 0.165 e. The molecule has 3 heteroatoms. The Hall–Kier alpha value is -1.38. The Morgan fingerprint density at radius 3 is 2.65 bits per heavy atom. The monoisotopic (exact) mass is 238 g/mol. The molecule has 0 heterocycles. The van der Waals surface area contributed by atoms with Gasteiger partial charge in [0, 0.05) is 5.56 Å². The van der Waals surface area contributed by atoms with E-state index < -0.39 is 5.82 Å². The van der Waals surface area contributed by atoms with E-state index in [1.807, 2.05) is 0 Å². The van der Waals surface area contributed by atoms with Crippen molar-refractivity contribution < 1.29 is 13.9 Å². The van der Waals surface area contributed by atoms with Gasteiger partial charge in [0.2, 0.25) is 0 Å². The fourth-order valence-corrected chi connectivity index (χ4v) is 1.51. The van der Waals surface area contributed by atoms with Gasteiger partial charge in [0.15, 0.2) is 17.3 Å². The van der Waals surface area contributed by atoms with E-state index in [1.54, 1.807) is 6.07 Å². The average molecular weight is 238 g/mol. The number of halogens is 1. The number of Topliss-reactive ketones (excluding diaryl/α,β-unsaturated/α-hetero) is 1. The van der Waals surface area contributed by atoms with E-state index in [1.165, 1.54) is 19.1 Å². The summed E-state index contributed by atoms with van der Waals surface area (Å²) in [6.07, 6.45) is 1.97. The van der Waals surface area contributed by atoms with Crippen LogP contribution >= 0.6 is 0 Å². The largest absolute Gasteiger partial charge is 0.491 e. The molecule has 17 heavy (non-hydrogen) atoms. The minimum Gasteiger partial charge on any atom is -0.491 e. The standard InChI is InChI=1S/C14H19FO2/c1-10(2)5-4-8-17-14-7-6-12(11(3)16)9-13(14)15/h6-7,9-10H,4-5,8H2,1-3H3. The molecule has 0 bridgehead atoms. The predicted octanol–water partition coefficient (Wildman–Crippen LogP) is 3.84. The first kappa shape index (κ1) is 13.7. The average Bonchev–Trinajstić information content (AvgIpc) is 2.25. The minimum atomic E-state index is -0.470. The number of ether oxygens (including phenoxy) is 1. The van der Waals surface area contributed by atoms with E-state index in [0.717, 1.165) is 12.8 Å². The van der Waals surface area contributed by atoms with E-state index >= 15 is 0 Å². The molecule has 0 amide bonds. The summed E-state index contributed by atoms with van der Waals surface area (Å²) in [4.78, 5) is 11.0. The predicted molar refractivity (Wildman–Crippen MR) is 66.0 cm³/mol. The van der Waals surface area contributed by atoms with Crippen molar-refractivity contribution in [1.82, 2.24) is 0 Å². The molecule has 0 saturated heterocycles. The third kappa shape index (κ3) is 4.55. The topological polar surface area (TPSA) is 26.3 Å². The Morgan fingerprint density at radius 2 is 2.12 bits per heavy atom. The van der Waals surface area contributed by atoms with Crippen molar-refractivity contribution in [3.05, 3.63) is 29.6 Å². The van der Waals surface area contributed by atoms with Gasteiger partial charge in [-0.15, -0.1) is 0 Å². The van der Waals surface area contributed by atoms with Crippen LogP contribution in [0.25, 0.3) is 0 Å². The number of hydrogen-bond acceptors (Lipinski definition) is 2. The smallest absolute Gasteiger partial charge is 0.165 e. The summed E-state index contributed by atoms with van der Waals surface area (Å²) in [7, 11) is 0. The van der Waals surface area contributed by atoms with E-state index in [9.17, 15) is 9.18 Å². The van der Waals surface area contributed by atoms with Gasteiger partial charge in [-0.3, -0.25) is 4.79 Å². The maximum absolute atomic E-state index is 13.5. The molecule has 0 aromatic heterocycles. The minimum absolute atomic E-state index is 0.143. The van der Waals surface area contributed by atoms with Crippen molar-refractivity contribution in [2.24, 2.45) is 5.92 Å². The fraction of sp³-hybridized carbons (Fsp3) is 0.500. The van der Waals surface area contributed by atoms with Gasteiger partial charge in [-0.25, -0.2) is 4.39 Å². The molecule has 1 rings (SSSR count). The molecule has 1 aromatic rings. The molecule has 0 spiro atoms. The Morgan fingerprint density at radius 1 is 1.41 bits per heavy atom. The highest BCUT2D eigenvalue weighted by molar-refractivity contribution is 5.94. The Balaban J connectivity index is 2.52. The van der Waals surface area contributed by atoms with Crippen LogP contribution in [0.4, 0.5) is 4.39 Å². The summed E-state index contributed by atoms with van der Waals surface area (Å²) in [5.41, 5.74) is 0.372. The van der Waals surface area contributed by atoms with Gasteiger partial charge < -0.3 is 4.74 Å². The molecule has 94 valence electrons. The first-order valence-electron chi connectivity index (χ1n) is 5.94. The van der Waals surface area contributed by atoms with Crippen molar-refractivity contribution in [3.63, 3.8) is 0 Å². The maximum atomic E-state index is 13.5. The van der Waals surface area contributed by atoms with Gasteiger partial charge in [-0.05, 0) is 43.9 Å². The zero-order valence-electron chi connectivity index (χ0n) is 10.6. The van der Waals surface area contributed by atoms with Gasteiger partial charge in [-0.2, -0.15) is 0 Å². The molecular formula is C14H19FO2. The molecule has 2 nitrogen and oxygen atoms in total. The van der Waals surface area contributed by atoms with Gasteiger partial charge in [0.25, 0.3) is 0 Å². The molecule has 0 radical (unpaired) electrons. The Kier molecular flexibility index (Phi) is 5.13. The lowest BCUT2D eigenvalue weighted by Crippen LogP contribution is -2.02. The second kappa shape index (κ2) is 6.38. The second-order valence-electron chi connectivity index (χ2n) is 4.59. The zero-order valence-corrected chi connectivity index (χ0v) is 10.6. The lowest BCUT2D eigenvalue weighted by molar-refractivity contribution is 0.101. The molecule has 0 N–H and O–H groups in total. The molecule has 1 aromatic carbocycles. The quantitative estimate of drug-likeness (QED) is 0.556. The van der Waals surface area contributed by atoms with Crippen LogP contribution in [0.5, 0.6) is 5.75 Å². The van der Waals surface area contributed by atoms with Gasteiger partial charge in [-0.1, -0.05) is 13.8 Å². The van der Waals surface area contributed by atoms with Crippen LogP contribution in [0.2, 0.25) is 0 Å². The van der Waals surface area contributed by atoms with Crippen LogP contribution < -0.4 is 4.74 Å². The van der Waals surface area contributed by atoms with Crippen LogP contribution in [0.15, 0.2) is 18.2 Å². The number of carbonyl (C=O) groups excluding carboxylic acids is 1. The van der Waals surface area contributed by atoms with E-state index in [-0.39, 0.29) is 11.5 Å². The third-order valence-corrected chi connectivity index (χ3v) is 2.52. The highest BCUT2D eigenvalue weighted by Crippen LogP contribution is 2.19. The van der Waals surface area contributed by atoms with Gasteiger partial charge >= 0.3 is 0 Å². The number of carbonyl (C=O) groups is 1. The highest BCUT2D eigenvalue weighted by Gasteiger charge is 2.07. The Bertz CT molecular complexity index is 386. The summed E-state index contributed by atoms with van der Waals surface area (Å²) in [5.74, 6) is 0.236. The van der Waals surface area contributed by atoms with Crippen LogP contribution in [-0.4, -0.2) is 12.4 Å². The van der Waals surface area contributed by atoms with Crippen LogP contribution in [0, 0.1) is 11.7 Å². The van der Waals surface area contributed by atoms with Gasteiger partial charge in [0.1, 0.15) is 0 Å². The molecule has 0 saturated carbocycles. The van der Waals surface area contributed by atoms with Crippen LogP contribution in [-0.2, 0) is 0 Å². The molecule has 0 aliphatic heterocycles.